The summed E-state index contributed by atoms with van der Waals surface area (Å²) in [5, 5.41) is 3.06. The largest absolute Gasteiger partial charge is 0.448 e. The fraction of sp³-hybridized carbons (Fsp3) is 0.238. The molecule has 0 spiro atoms. The number of aryl methyl sites for hydroxylation is 1. The second-order valence-electron chi connectivity index (χ2n) is 6.36. The van der Waals surface area contributed by atoms with Crippen LogP contribution in [0, 0.1) is 12.7 Å². The number of fused-ring (bicyclic) bond motifs is 1. The van der Waals surface area contributed by atoms with Gasteiger partial charge in [0, 0.05) is 28.4 Å². The van der Waals surface area contributed by atoms with Crippen molar-refractivity contribution in [1.29, 1.82) is 0 Å². The van der Waals surface area contributed by atoms with Crippen LogP contribution in [0.1, 0.15) is 27.7 Å². The zero-order valence-corrected chi connectivity index (χ0v) is 16.6. The molecule has 5 nitrogen and oxygen atoms in total. The van der Waals surface area contributed by atoms with Gasteiger partial charge < -0.3 is 14.8 Å². The Bertz CT molecular complexity index is 1030. The van der Waals surface area contributed by atoms with E-state index in [1.54, 1.807) is 18.2 Å². The third-order valence-electron chi connectivity index (χ3n) is 4.18. The van der Waals surface area contributed by atoms with Crippen LogP contribution in [0.3, 0.4) is 0 Å². The van der Waals surface area contributed by atoms with Crippen LogP contribution < -0.4 is 5.32 Å². The number of benzene rings is 2. The lowest BCUT2D eigenvalue weighted by Gasteiger charge is -2.14. The number of hydrogen-bond acceptors (Lipinski definition) is 5. The number of esters is 1. The molecule has 146 valence electrons. The van der Waals surface area contributed by atoms with E-state index in [4.69, 9.17) is 9.47 Å². The van der Waals surface area contributed by atoms with Crippen LogP contribution in [0.5, 0.6) is 0 Å². The third kappa shape index (κ3) is 4.21. The van der Waals surface area contributed by atoms with Crippen LogP contribution >= 0.6 is 11.3 Å². The highest BCUT2D eigenvalue weighted by Crippen LogP contribution is 2.34. The van der Waals surface area contributed by atoms with Gasteiger partial charge in [-0.05, 0) is 43.7 Å². The van der Waals surface area contributed by atoms with Crippen LogP contribution in [0.25, 0.3) is 10.1 Å². The van der Waals surface area contributed by atoms with Gasteiger partial charge >= 0.3 is 5.97 Å². The third-order valence-corrected chi connectivity index (χ3v) is 5.35. The van der Waals surface area contributed by atoms with E-state index in [1.165, 1.54) is 20.1 Å². The van der Waals surface area contributed by atoms with Crippen molar-refractivity contribution in [3.8, 4) is 0 Å². The Morgan fingerprint density at radius 3 is 2.68 bits per heavy atom. The summed E-state index contributed by atoms with van der Waals surface area (Å²) in [5.74, 6) is -1.55. The van der Waals surface area contributed by atoms with Gasteiger partial charge in [-0.1, -0.05) is 18.2 Å². The molecule has 0 bridgehead atoms. The first-order valence-corrected chi connectivity index (χ1v) is 9.49. The van der Waals surface area contributed by atoms with Gasteiger partial charge in [0.2, 0.25) is 0 Å². The summed E-state index contributed by atoms with van der Waals surface area (Å²) >= 11 is 1.12. The Kier molecular flexibility index (Phi) is 6.06. The fourth-order valence-electron chi connectivity index (χ4n) is 2.85. The number of rotatable bonds is 6. The van der Waals surface area contributed by atoms with Crippen LogP contribution in [0.4, 0.5) is 10.1 Å². The van der Waals surface area contributed by atoms with Crippen LogP contribution in [-0.4, -0.2) is 25.1 Å². The summed E-state index contributed by atoms with van der Waals surface area (Å²) in [5.41, 5.74) is 2.05. The molecule has 3 aromatic rings. The van der Waals surface area contributed by atoms with Crippen molar-refractivity contribution >= 4 is 39.0 Å². The molecule has 3 rings (SSSR count). The molecule has 0 saturated heterocycles. The zero-order chi connectivity index (χ0) is 20.3. The molecule has 1 atom stereocenters. The predicted octanol–water partition coefficient (Wildman–Crippen LogP) is 4.68. The summed E-state index contributed by atoms with van der Waals surface area (Å²) in [6.07, 6.45) is -1.02. The molecule has 0 unspecified atom stereocenters. The molecular weight excluding hydrogens is 381 g/mol. The number of carbonyl (C=O) groups excluding carboxylic acids is 2. The quantitative estimate of drug-likeness (QED) is 0.609. The normalized spacial score (nSPS) is 12.0. The first-order valence-electron chi connectivity index (χ1n) is 8.68. The molecule has 7 heteroatoms. The SMILES string of the molecule is COCc1c(C(=O)O[C@@H](C)C(=O)Nc2cccc(C)c2)sc2cccc(F)c12. The summed E-state index contributed by atoms with van der Waals surface area (Å²) in [6.45, 7) is 3.47. The second kappa shape index (κ2) is 8.50. The standard InChI is InChI=1S/C21H20FNO4S/c1-12-6-4-7-14(10-12)23-20(24)13(2)27-21(25)19-15(11-26-3)18-16(22)8-5-9-17(18)28-19/h4-10,13H,11H2,1-3H3,(H,23,24)/t13-/m0/s1. The lowest BCUT2D eigenvalue weighted by molar-refractivity contribution is -0.123. The summed E-state index contributed by atoms with van der Waals surface area (Å²) in [6, 6.07) is 12.0. The highest BCUT2D eigenvalue weighted by atomic mass is 32.1. The minimum absolute atomic E-state index is 0.0647. The van der Waals surface area contributed by atoms with E-state index in [0.29, 0.717) is 21.3 Å². The number of carbonyl (C=O) groups is 2. The van der Waals surface area contributed by atoms with Crippen molar-refractivity contribution in [2.24, 2.45) is 0 Å². The van der Waals surface area contributed by atoms with Gasteiger partial charge in [-0.3, -0.25) is 4.79 Å². The number of anilines is 1. The molecule has 0 saturated carbocycles. The number of thiophene rings is 1. The van der Waals surface area contributed by atoms with Gasteiger partial charge in [0.1, 0.15) is 10.7 Å². The monoisotopic (exact) mass is 401 g/mol. The van der Waals surface area contributed by atoms with Crippen LogP contribution in [0.15, 0.2) is 42.5 Å². The molecule has 2 aromatic carbocycles. The van der Waals surface area contributed by atoms with Gasteiger partial charge in [0.05, 0.1) is 6.61 Å². The fourth-order valence-corrected chi connectivity index (χ4v) is 3.95. The highest BCUT2D eigenvalue weighted by Gasteiger charge is 2.25. The van der Waals surface area contributed by atoms with Crippen molar-refractivity contribution in [2.45, 2.75) is 26.6 Å². The molecule has 0 aliphatic heterocycles. The number of methoxy groups -OCH3 is 1. The van der Waals surface area contributed by atoms with E-state index in [2.05, 4.69) is 5.32 Å². The molecule has 0 radical (unpaired) electrons. The van der Waals surface area contributed by atoms with E-state index in [9.17, 15) is 14.0 Å². The Morgan fingerprint density at radius 1 is 1.21 bits per heavy atom. The number of hydrogen-bond donors (Lipinski definition) is 1. The van der Waals surface area contributed by atoms with Gasteiger partial charge in [-0.2, -0.15) is 0 Å². The highest BCUT2D eigenvalue weighted by molar-refractivity contribution is 7.21. The number of nitrogens with one attached hydrogen (secondary N) is 1. The maximum atomic E-state index is 14.2. The average molecular weight is 401 g/mol. The smallest absolute Gasteiger partial charge is 0.349 e. The van der Waals surface area contributed by atoms with E-state index >= 15 is 0 Å². The van der Waals surface area contributed by atoms with Gasteiger partial charge in [0.15, 0.2) is 6.10 Å². The Hall–Kier alpha value is -2.77. The molecule has 0 aliphatic rings. The van der Waals surface area contributed by atoms with Gasteiger partial charge in [0.25, 0.3) is 5.91 Å². The lowest BCUT2D eigenvalue weighted by atomic mass is 10.1. The van der Waals surface area contributed by atoms with Crippen molar-refractivity contribution < 1.29 is 23.5 Å². The van der Waals surface area contributed by atoms with E-state index in [-0.39, 0.29) is 11.5 Å². The molecule has 28 heavy (non-hydrogen) atoms. The Labute approximate surface area is 166 Å². The molecule has 1 amide bonds. The number of amides is 1. The summed E-state index contributed by atoms with van der Waals surface area (Å²) in [4.78, 5) is 25.3. The van der Waals surface area contributed by atoms with E-state index in [0.717, 1.165) is 16.9 Å². The minimum Gasteiger partial charge on any atom is -0.448 e. The average Bonchev–Trinajstić information content (AvgIpc) is 3.02. The first kappa shape index (κ1) is 20.0. The van der Waals surface area contributed by atoms with E-state index in [1.807, 2.05) is 25.1 Å². The topological polar surface area (TPSA) is 64.6 Å². The predicted molar refractivity (Wildman–Crippen MR) is 107 cm³/mol. The first-order chi connectivity index (χ1) is 13.4. The molecule has 1 heterocycles. The summed E-state index contributed by atoms with van der Waals surface area (Å²) < 4.78 is 25.3. The van der Waals surface area contributed by atoms with E-state index < -0.39 is 23.8 Å². The van der Waals surface area contributed by atoms with Gasteiger partial charge in [-0.15, -0.1) is 11.3 Å². The molecular formula is C21H20FNO4S. The number of ether oxygens (including phenoxy) is 2. The molecule has 0 fully saturated rings. The van der Waals surface area contributed by atoms with Crippen molar-refractivity contribution in [3.63, 3.8) is 0 Å². The maximum Gasteiger partial charge on any atom is 0.349 e. The van der Waals surface area contributed by atoms with Gasteiger partial charge in [-0.25, -0.2) is 9.18 Å². The molecule has 1 N–H and O–H groups in total. The minimum atomic E-state index is -1.02. The van der Waals surface area contributed by atoms with Crippen molar-refractivity contribution in [1.82, 2.24) is 0 Å². The molecule has 1 aromatic heterocycles. The Morgan fingerprint density at radius 2 is 1.96 bits per heavy atom. The number of halogens is 1. The van der Waals surface area contributed by atoms with Crippen molar-refractivity contribution in [3.05, 3.63) is 64.3 Å². The van der Waals surface area contributed by atoms with Crippen LogP contribution in [0.2, 0.25) is 0 Å². The summed E-state index contributed by atoms with van der Waals surface area (Å²) in [7, 11) is 1.47. The maximum absolute atomic E-state index is 14.2. The zero-order valence-electron chi connectivity index (χ0n) is 15.7. The Balaban J connectivity index is 1.79. The van der Waals surface area contributed by atoms with Crippen molar-refractivity contribution in [2.75, 3.05) is 12.4 Å². The lowest BCUT2D eigenvalue weighted by Crippen LogP contribution is -2.30. The van der Waals surface area contributed by atoms with Crippen LogP contribution in [-0.2, 0) is 20.9 Å². The molecule has 0 aliphatic carbocycles. The second-order valence-corrected chi connectivity index (χ2v) is 7.41.